The lowest BCUT2D eigenvalue weighted by Gasteiger charge is -2.56. The largest absolute Gasteiger partial charge is 0.531 e. The van der Waals surface area contributed by atoms with E-state index >= 15 is 0 Å². The average Bonchev–Trinajstić information content (AvgIpc) is 1.52. The minimum Gasteiger partial charge on any atom is -0.517 e. The third kappa shape index (κ3) is 9.70. The van der Waals surface area contributed by atoms with E-state index in [2.05, 4.69) is 282 Å². The van der Waals surface area contributed by atoms with Crippen molar-refractivity contribution in [1.82, 2.24) is 0 Å². The molecular weight excluding hydrogens is 1180 g/mol. The Hall–Kier alpha value is -6.87. The van der Waals surface area contributed by atoms with Crippen LogP contribution in [0.1, 0.15) is 214 Å². The van der Waals surface area contributed by atoms with Crippen LogP contribution < -0.4 is 0 Å². The molecule has 6 spiro atoms. The Morgan fingerprint density at radius 1 is 0.229 bits per heavy atom. The Kier molecular flexibility index (Phi) is 13.9. The van der Waals surface area contributed by atoms with E-state index < -0.39 is 35.6 Å². The highest BCUT2D eigenvalue weighted by Gasteiger charge is 2.58. The fourth-order valence-electron chi connectivity index (χ4n) is 17.1. The van der Waals surface area contributed by atoms with Gasteiger partial charge >= 0.3 is 13.9 Å². The van der Waals surface area contributed by atoms with Crippen LogP contribution in [-0.4, -0.2) is 66.8 Å². The number of rotatable bonds is 0. The first-order chi connectivity index (χ1) is 45.1. The van der Waals surface area contributed by atoms with Crippen LogP contribution >= 0.6 is 0 Å². The summed E-state index contributed by atoms with van der Waals surface area (Å²) in [6, 6.07) is 55.3. The van der Waals surface area contributed by atoms with Gasteiger partial charge in [0.05, 0.1) is 21.7 Å². The highest BCUT2D eigenvalue weighted by molar-refractivity contribution is 6.54. The number of hydrogen-bond donors (Lipinski definition) is 0. The van der Waals surface area contributed by atoms with E-state index in [4.69, 9.17) is 37.2 Å². The van der Waals surface area contributed by atoms with Crippen LogP contribution in [0.3, 0.4) is 0 Å². The summed E-state index contributed by atoms with van der Waals surface area (Å²) < 4.78 is 55.5. The summed E-state index contributed by atoms with van der Waals surface area (Å²) in [7, 11) is 0. The van der Waals surface area contributed by atoms with Crippen LogP contribution in [0.4, 0.5) is 0 Å². The second-order valence-corrected chi connectivity index (χ2v) is 35.8. The monoisotopic (exact) mass is 1280 g/mol. The van der Waals surface area contributed by atoms with E-state index in [1.807, 2.05) is 0 Å². The molecule has 16 rings (SSSR count). The third-order valence-electron chi connectivity index (χ3n) is 23.3. The van der Waals surface area contributed by atoms with Crippen molar-refractivity contribution in [2.24, 2.45) is 0 Å². The molecule has 96 heavy (non-hydrogen) atoms. The van der Waals surface area contributed by atoms with Crippen molar-refractivity contribution < 1.29 is 37.2 Å². The molecule has 0 bridgehead atoms. The lowest BCUT2D eigenvalue weighted by atomic mass is 9.74. The minimum absolute atomic E-state index is 0.00367. The van der Waals surface area contributed by atoms with Gasteiger partial charge in [-0.3, -0.25) is 0 Å². The molecule has 8 aromatic rings. The fraction of sp³-hybridized carbons (Fsp3) is 0.419. The van der Waals surface area contributed by atoms with E-state index in [0.29, 0.717) is 52.9 Å². The first-order valence-electron chi connectivity index (χ1n) is 35.2. The summed E-state index contributed by atoms with van der Waals surface area (Å²) in [6.45, 7) is 38.9. The molecule has 4 saturated heterocycles. The van der Waals surface area contributed by atoms with E-state index in [1.165, 1.54) is 100 Å². The van der Waals surface area contributed by atoms with Crippen molar-refractivity contribution in [3.63, 3.8) is 0 Å². The maximum atomic E-state index is 6.96. The van der Waals surface area contributed by atoms with Gasteiger partial charge < -0.3 is 37.2 Å². The Morgan fingerprint density at radius 3 is 0.552 bits per heavy atom. The maximum absolute atomic E-state index is 6.96. The van der Waals surface area contributed by atoms with E-state index in [0.717, 1.165) is 33.4 Å². The minimum atomic E-state index is -2.51. The molecule has 0 unspecified atom stereocenters. The van der Waals surface area contributed by atoms with Gasteiger partial charge in [0, 0.05) is 64.0 Å². The molecule has 0 radical (unpaired) electrons. The van der Waals surface area contributed by atoms with E-state index in [9.17, 15) is 0 Å². The molecule has 4 fully saturated rings. The Labute approximate surface area is 570 Å². The summed E-state index contributed by atoms with van der Waals surface area (Å²) >= 11 is 0. The molecule has 10 heteroatoms. The normalized spacial score (nSPS) is 20.1. The fourth-order valence-corrected chi connectivity index (χ4v) is 17.1. The lowest BCUT2D eigenvalue weighted by molar-refractivity contribution is -0.118. The molecular formula is C86H94B2O8-2. The zero-order valence-corrected chi connectivity index (χ0v) is 59.9. The lowest BCUT2D eigenvalue weighted by Crippen LogP contribution is -2.64. The maximum Gasteiger partial charge on any atom is 0.531 e. The van der Waals surface area contributed by atoms with Crippen LogP contribution in [0.25, 0.3) is 44.5 Å². The van der Waals surface area contributed by atoms with Crippen molar-refractivity contribution in [2.75, 3.05) is 52.9 Å². The van der Waals surface area contributed by atoms with Crippen LogP contribution in [0.15, 0.2) is 146 Å². The molecule has 0 aromatic heterocycles. The topological polar surface area (TPSA) is 73.8 Å². The highest BCUT2D eigenvalue weighted by Crippen LogP contribution is 2.59. The van der Waals surface area contributed by atoms with E-state index in [1.54, 1.807) is 0 Å². The van der Waals surface area contributed by atoms with E-state index in [-0.39, 0.29) is 32.5 Å². The molecule has 494 valence electrons. The van der Waals surface area contributed by atoms with Gasteiger partial charge in [-0.1, -0.05) is 258 Å². The first kappa shape index (κ1) is 63.8. The molecule has 0 amide bonds. The van der Waals surface area contributed by atoms with Gasteiger partial charge in [0.25, 0.3) is 0 Å². The standard InChI is InChI=1S/C86H94B2O8/c1-77(2,3)55-23-31-71-63(39-55)61-37-53(21-29-69(61)83(71)45-89-87(90-46-83)93-49-85(50-94-87)73-33-25-57(79(7,8)9)41-65(73)66-42-58(80(10,11)12)26-34-74(66)85)19-20-54-22-30-70-62(38-54)64-40-56(78(4,5)6)24-32-72(64)84(70)47-91-88(92-48-84)95-51-86(52-96-88)75-35-27-59(81(13,14)15)43-67(75)68-44-60(82(16,17)18)28-36-76(68)86/h21-44H,45-52H2,1-18H3/q-2. The number of fused-ring (bicyclic) bond motifs is 20. The van der Waals surface area contributed by atoms with Crippen molar-refractivity contribution in [1.29, 1.82) is 0 Å². The van der Waals surface area contributed by atoms with Crippen molar-refractivity contribution in [2.45, 2.75) is 179 Å². The molecule has 4 aliphatic carbocycles. The zero-order chi connectivity index (χ0) is 67.6. The summed E-state index contributed by atoms with van der Waals surface area (Å²) in [5.74, 6) is 7.29. The smallest absolute Gasteiger partial charge is 0.517 e. The highest BCUT2D eigenvalue weighted by atomic mass is 16.9. The van der Waals surface area contributed by atoms with Gasteiger partial charge in [-0.05, 0) is 179 Å². The number of hydrogen-bond acceptors (Lipinski definition) is 8. The van der Waals surface area contributed by atoms with Gasteiger partial charge in [-0.15, -0.1) is 0 Å². The Bertz CT molecular complexity index is 4210. The average molecular weight is 1280 g/mol. The van der Waals surface area contributed by atoms with Gasteiger partial charge in [0.2, 0.25) is 0 Å². The first-order valence-corrected chi connectivity index (χ1v) is 35.2. The predicted molar refractivity (Wildman–Crippen MR) is 388 cm³/mol. The molecule has 8 nitrogen and oxygen atoms in total. The van der Waals surface area contributed by atoms with Crippen molar-refractivity contribution in [3.8, 4) is 56.3 Å². The molecule has 4 heterocycles. The predicted octanol–water partition coefficient (Wildman–Crippen LogP) is 18.4. The van der Waals surface area contributed by atoms with Gasteiger partial charge in [0.15, 0.2) is 0 Å². The molecule has 4 aliphatic heterocycles. The second kappa shape index (κ2) is 20.9. The van der Waals surface area contributed by atoms with Crippen LogP contribution in [0.2, 0.25) is 0 Å². The van der Waals surface area contributed by atoms with Gasteiger partial charge in [-0.2, -0.15) is 0 Å². The molecule has 0 saturated carbocycles. The van der Waals surface area contributed by atoms with Gasteiger partial charge in [-0.25, -0.2) is 0 Å². The molecule has 8 aliphatic rings. The second-order valence-electron chi connectivity index (χ2n) is 35.8. The quantitative estimate of drug-likeness (QED) is 0.110. The Morgan fingerprint density at radius 2 is 0.385 bits per heavy atom. The summed E-state index contributed by atoms with van der Waals surface area (Å²) in [6.07, 6.45) is 0. The molecule has 0 N–H and O–H groups in total. The van der Waals surface area contributed by atoms with Crippen LogP contribution in [-0.2, 0) is 91.4 Å². The van der Waals surface area contributed by atoms with Crippen LogP contribution in [0, 0.1) is 11.8 Å². The molecule has 0 atom stereocenters. The Balaban J connectivity index is 0.676. The van der Waals surface area contributed by atoms with Crippen molar-refractivity contribution >= 4 is 13.9 Å². The zero-order valence-electron chi connectivity index (χ0n) is 59.9. The van der Waals surface area contributed by atoms with Crippen molar-refractivity contribution in [3.05, 3.63) is 235 Å². The summed E-state index contributed by atoms with van der Waals surface area (Å²) in [5, 5.41) is 0. The summed E-state index contributed by atoms with van der Waals surface area (Å²) in [5.41, 5.74) is 26.5. The summed E-state index contributed by atoms with van der Waals surface area (Å²) in [4.78, 5) is 0. The number of benzene rings is 8. The van der Waals surface area contributed by atoms with Gasteiger partial charge in [0.1, 0.15) is 0 Å². The molecule has 8 aromatic carbocycles. The third-order valence-corrected chi connectivity index (χ3v) is 23.3. The SMILES string of the molecule is CC(C)(C)c1ccc2c(c1)-c1cc(C#Cc3ccc4c(c3)-c3cc(C(C)(C)C)ccc3C43CO[B-]4(OC3)OCC3(CO4)c4ccc(C(C)(C)C)cc4-c4cc(C(C)(C)C)ccc43)ccc1C21CO[B-]2(OC1)OCC1(CO2)c2ccc(C(C)(C)C)cc2-c2cc(C(C)(C)C)ccc21. The van der Waals surface area contributed by atoms with Crippen LogP contribution in [0.5, 0.6) is 0 Å².